The van der Waals surface area contributed by atoms with Gasteiger partial charge < -0.3 is 0 Å². The van der Waals surface area contributed by atoms with Gasteiger partial charge in [-0.25, -0.2) is 0 Å². The first-order chi connectivity index (χ1) is 19.1. The molecule has 8 heteroatoms. The molecule has 39 heavy (non-hydrogen) atoms. The van der Waals surface area contributed by atoms with Crippen molar-refractivity contribution in [3.63, 3.8) is 0 Å². The summed E-state index contributed by atoms with van der Waals surface area (Å²) >= 11 is 3.13. The van der Waals surface area contributed by atoms with E-state index in [0.717, 1.165) is 16.7 Å². The molecule has 0 bridgehead atoms. The number of nitrogens with zero attached hydrogens (tertiary/aromatic N) is 1. The van der Waals surface area contributed by atoms with Crippen molar-refractivity contribution in [1.82, 2.24) is 0 Å². The van der Waals surface area contributed by atoms with Crippen LogP contribution >= 0.6 is 0 Å². The molecule has 4 rings (SSSR count). The second-order valence-corrected chi connectivity index (χ2v) is 8.16. The van der Waals surface area contributed by atoms with Gasteiger partial charge in [0.25, 0.3) is 0 Å². The molecule has 1 heterocycles. The third-order valence-electron chi connectivity index (χ3n) is 5.45. The Balaban J connectivity index is 0. The quantitative estimate of drug-likeness (QED) is 0.300. The van der Waals surface area contributed by atoms with E-state index in [9.17, 15) is 0 Å². The normalized spacial score (nSPS) is 11.9. The van der Waals surface area contributed by atoms with Gasteiger partial charge in [0.05, 0.1) is 0 Å². The number of rotatable bonds is 5. The van der Waals surface area contributed by atoms with Crippen molar-refractivity contribution in [3.05, 3.63) is 139 Å². The number of ether oxygens (including phenoxy) is 1. The van der Waals surface area contributed by atoms with Crippen molar-refractivity contribution < 1.29 is 43.8 Å². The number of hydrogen-bond donors (Lipinski definition) is 0. The van der Waals surface area contributed by atoms with Gasteiger partial charge in [-0.2, -0.15) is 0 Å². The molecule has 1 atom stereocenters. The van der Waals surface area contributed by atoms with Crippen molar-refractivity contribution in [1.29, 1.82) is 0 Å². The molecule has 0 saturated carbocycles. The van der Waals surface area contributed by atoms with E-state index >= 15 is 0 Å². The standard InChI is InChI=1S/C26H25NO.5CO.Cr/c1-19-8-12-21(13-9-19)17-27-25-7-5-4-6-23(25)16-24(18-28-3)26(27)22-14-10-20(2)11-15-22;5*1-2;/h4-16,26H,17H2,1-3H3;;;;;;. The summed E-state index contributed by atoms with van der Waals surface area (Å²) in [6.07, 6.45) is 2.25. The Bertz CT molecular complexity index is 1250. The summed E-state index contributed by atoms with van der Waals surface area (Å²) in [5, 5.41) is 0. The number of para-hydroxylation sites is 1. The number of fused-ring (bicyclic) bond motifs is 1. The van der Waals surface area contributed by atoms with Crippen LogP contribution in [0.2, 0.25) is 0 Å². The van der Waals surface area contributed by atoms with Crippen LogP contribution in [0.3, 0.4) is 0 Å². The van der Waals surface area contributed by atoms with E-state index in [4.69, 9.17) is 28.0 Å². The Hall–Kier alpha value is -3.74. The summed E-state index contributed by atoms with van der Waals surface area (Å²) in [6, 6.07) is 26.3. The van der Waals surface area contributed by atoms with Crippen LogP contribution < -0.4 is 4.90 Å². The van der Waals surface area contributed by atoms with Crippen molar-refractivity contribution in [3.8, 4) is 0 Å². The van der Waals surface area contributed by atoms with Gasteiger partial charge in [0.2, 0.25) is 0 Å². The van der Waals surface area contributed by atoms with Gasteiger partial charge in [-0.15, -0.1) is 0 Å². The first kappa shape index (κ1) is 37.4. The maximum atomic E-state index is 7.50. The van der Waals surface area contributed by atoms with E-state index in [1.165, 1.54) is 33.5 Å². The summed E-state index contributed by atoms with van der Waals surface area (Å²) in [6.45, 7) is 27.6. The zero-order valence-electron chi connectivity index (χ0n) is 21.6. The van der Waals surface area contributed by atoms with E-state index in [1.54, 1.807) is 7.11 Å². The van der Waals surface area contributed by atoms with Crippen LogP contribution in [0.4, 0.5) is 5.69 Å². The van der Waals surface area contributed by atoms with Crippen LogP contribution in [0.1, 0.15) is 33.9 Å². The molecule has 1 aliphatic rings. The number of aryl methyl sites for hydroxylation is 2. The van der Waals surface area contributed by atoms with Gasteiger partial charge >= 0.3 is 238 Å². The summed E-state index contributed by atoms with van der Waals surface area (Å²) in [4.78, 5) is 2.48. The van der Waals surface area contributed by atoms with Crippen LogP contribution in [-0.4, -0.2) is 11.7 Å². The van der Waals surface area contributed by atoms with Crippen molar-refractivity contribution >= 4 is 16.3 Å². The van der Waals surface area contributed by atoms with Crippen molar-refractivity contribution in [2.24, 2.45) is 0 Å². The molecule has 0 N–H and O–H groups in total. The molecule has 3 aromatic carbocycles. The molecular weight excluding hydrogens is 534 g/mol. The van der Waals surface area contributed by atoms with Crippen LogP contribution in [0.15, 0.2) is 78.4 Å². The van der Waals surface area contributed by atoms with Gasteiger partial charge in [-0.1, -0.05) is 0 Å². The molecule has 1 unspecified atom stereocenters. The first-order valence-electron chi connectivity index (χ1n) is 10.9. The zero-order valence-corrected chi connectivity index (χ0v) is 22.9. The Morgan fingerprint density at radius 2 is 1.21 bits per heavy atom. The third-order valence-corrected chi connectivity index (χ3v) is 6.08. The van der Waals surface area contributed by atoms with E-state index in [0.29, 0.717) is 0 Å². The molecule has 3 aromatic rings. The predicted molar refractivity (Wildman–Crippen MR) is 137 cm³/mol. The number of benzene rings is 3. The van der Waals surface area contributed by atoms with Crippen molar-refractivity contribution in [2.75, 3.05) is 12.0 Å². The monoisotopic (exact) mass is 559 g/mol. The van der Waals surface area contributed by atoms with Crippen LogP contribution in [0.5, 0.6) is 0 Å². The molecule has 0 radical (unpaired) electrons. The second kappa shape index (κ2) is 22.3. The fourth-order valence-electron chi connectivity index (χ4n) is 3.89. The fourth-order valence-corrected chi connectivity index (χ4v) is 4.15. The van der Waals surface area contributed by atoms with Crippen molar-refractivity contribution in [2.45, 2.75) is 26.4 Å². The molecule has 0 spiro atoms. The predicted octanol–water partition coefficient (Wildman–Crippen LogP) is 5.58. The Kier molecular flexibility index (Phi) is 21.4. The van der Waals surface area contributed by atoms with E-state index < -0.39 is 0 Å². The van der Waals surface area contributed by atoms with E-state index in [-0.39, 0.29) is 6.04 Å². The first-order valence-corrected chi connectivity index (χ1v) is 11.5. The summed E-state index contributed by atoms with van der Waals surface area (Å²) in [5.74, 6) is 0. The number of anilines is 1. The van der Waals surface area contributed by atoms with E-state index in [2.05, 4.69) is 147 Å². The van der Waals surface area contributed by atoms with Crippen LogP contribution in [0.25, 0.3) is 6.08 Å². The van der Waals surface area contributed by atoms with Crippen LogP contribution in [0, 0.1) is 47.1 Å². The SMILES string of the molecule is CO[C](=[Cr])C1=Cc2ccccc2N(Cc2ccc(C)cc2)C1c1ccc(C)cc1.[C-]#[O+].[C-]#[O+].[C-]#[O+].[C-]#[O+].[C-]#[O+]. The number of hydrogen-bond acceptors (Lipinski definition) is 2. The summed E-state index contributed by atoms with van der Waals surface area (Å²) < 4.78 is 44.0. The van der Waals surface area contributed by atoms with Gasteiger partial charge in [-0.05, 0) is 0 Å². The topological polar surface area (TPSA) is 112 Å². The Morgan fingerprint density at radius 3 is 1.69 bits per heavy atom. The maximum absolute atomic E-state index is 7.50. The average molecular weight is 560 g/mol. The molecule has 0 saturated heterocycles. The molecule has 7 nitrogen and oxygen atoms in total. The molecule has 196 valence electrons. The molecule has 0 aromatic heterocycles. The minimum atomic E-state index is 0.0722. The number of methoxy groups -OCH3 is 1. The Morgan fingerprint density at radius 1 is 0.744 bits per heavy atom. The average Bonchev–Trinajstić information content (AvgIpc) is 3.03. The van der Waals surface area contributed by atoms with Gasteiger partial charge in [0, 0.05) is 0 Å². The molecule has 0 fully saturated rings. The fraction of sp³-hybridized carbons (Fsp3) is 0.161. The van der Waals surface area contributed by atoms with Gasteiger partial charge in [0.1, 0.15) is 0 Å². The Labute approximate surface area is 237 Å². The molecule has 0 aliphatic carbocycles. The second-order valence-electron chi connectivity index (χ2n) is 7.58. The van der Waals surface area contributed by atoms with Gasteiger partial charge in [-0.3, -0.25) is 0 Å². The molecular formula is C31H25CrNO6. The summed E-state index contributed by atoms with van der Waals surface area (Å²) in [7, 11) is 1.73. The van der Waals surface area contributed by atoms with Crippen LogP contribution in [-0.2, 0) is 50.4 Å². The summed E-state index contributed by atoms with van der Waals surface area (Å²) in [5.41, 5.74) is 8.70. The minimum absolute atomic E-state index is 0.0722. The molecule has 0 amide bonds. The van der Waals surface area contributed by atoms with Gasteiger partial charge in [0.15, 0.2) is 0 Å². The molecule has 1 aliphatic heterocycles. The van der Waals surface area contributed by atoms with E-state index in [1.807, 2.05) is 0 Å². The zero-order chi connectivity index (χ0) is 30.4. The third kappa shape index (κ3) is 10.9.